The molecule has 7 heteroatoms. The molecule has 2 N–H and O–H groups in total. The molecule has 0 amide bonds. The van der Waals surface area contributed by atoms with Crippen molar-refractivity contribution >= 4 is 23.6 Å². The van der Waals surface area contributed by atoms with E-state index < -0.39 is 5.97 Å². The van der Waals surface area contributed by atoms with Crippen LogP contribution in [0, 0.1) is 17.7 Å². The summed E-state index contributed by atoms with van der Waals surface area (Å²) >= 11 is 1.36. The summed E-state index contributed by atoms with van der Waals surface area (Å²) < 4.78 is 23.2. The smallest absolute Gasteiger partial charge is 0.341 e. The Bertz CT molecular complexity index is 1070. The SMILES string of the molecule is O=C(O)c1c(NSc2ccc(F)cc2CC2CC3CCCN3C2)ccc2c1OCC1CC21. The molecule has 32 heavy (non-hydrogen) atoms. The quantitative estimate of drug-likeness (QED) is 0.588. The number of halogens is 1. The van der Waals surface area contributed by atoms with Crippen LogP contribution in [0.4, 0.5) is 10.1 Å². The van der Waals surface area contributed by atoms with Gasteiger partial charge in [0.05, 0.1) is 12.3 Å². The van der Waals surface area contributed by atoms with E-state index in [9.17, 15) is 14.3 Å². The van der Waals surface area contributed by atoms with Gasteiger partial charge in [0.15, 0.2) is 0 Å². The lowest BCUT2D eigenvalue weighted by Gasteiger charge is -2.21. The van der Waals surface area contributed by atoms with Crippen molar-refractivity contribution in [2.45, 2.75) is 49.0 Å². The Morgan fingerprint density at radius 1 is 1.28 bits per heavy atom. The lowest BCUT2D eigenvalue weighted by atomic mass is 9.95. The fraction of sp³-hybridized carbons (Fsp3) is 0.480. The molecule has 0 bridgehead atoms. The van der Waals surface area contributed by atoms with Gasteiger partial charge in [-0.15, -0.1) is 0 Å². The van der Waals surface area contributed by atoms with Gasteiger partial charge >= 0.3 is 5.97 Å². The van der Waals surface area contributed by atoms with Crippen LogP contribution in [-0.2, 0) is 6.42 Å². The summed E-state index contributed by atoms with van der Waals surface area (Å²) in [4.78, 5) is 15.6. The molecule has 6 rings (SSSR count). The maximum atomic E-state index is 14.1. The van der Waals surface area contributed by atoms with Crippen LogP contribution < -0.4 is 9.46 Å². The van der Waals surface area contributed by atoms with Gasteiger partial charge in [0.1, 0.15) is 17.1 Å². The van der Waals surface area contributed by atoms with Crippen molar-refractivity contribution < 1.29 is 19.0 Å². The highest BCUT2D eigenvalue weighted by molar-refractivity contribution is 8.00. The van der Waals surface area contributed by atoms with Crippen molar-refractivity contribution in [2.75, 3.05) is 24.4 Å². The zero-order valence-electron chi connectivity index (χ0n) is 17.9. The van der Waals surface area contributed by atoms with E-state index in [-0.39, 0.29) is 11.4 Å². The van der Waals surface area contributed by atoms with Crippen LogP contribution >= 0.6 is 11.9 Å². The van der Waals surface area contributed by atoms with Crippen LogP contribution in [0.5, 0.6) is 5.75 Å². The number of aromatic carboxylic acids is 1. The average molecular weight is 455 g/mol. The Kier molecular flexibility index (Phi) is 5.06. The summed E-state index contributed by atoms with van der Waals surface area (Å²) in [6.45, 7) is 2.87. The monoisotopic (exact) mass is 454 g/mol. The third-order valence-electron chi connectivity index (χ3n) is 7.57. The number of ether oxygens (including phenoxy) is 1. The predicted octanol–water partition coefficient (Wildman–Crippen LogP) is 5.17. The van der Waals surface area contributed by atoms with Crippen LogP contribution in [-0.4, -0.2) is 41.7 Å². The Morgan fingerprint density at radius 3 is 3.03 bits per heavy atom. The first-order valence-electron chi connectivity index (χ1n) is 11.5. The van der Waals surface area contributed by atoms with E-state index in [2.05, 4.69) is 9.62 Å². The van der Waals surface area contributed by atoms with Crippen molar-refractivity contribution in [3.05, 3.63) is 52.8 Å². The first kappa shape index (κ1) is 20.4. The molecule has 2 aromatic rings. The lowest BCUT2D eigenvalue weighted by Crippen LogP contribution is -2.22. The zero-order chi connectivity index (χ0) is 21.8. The number of carbonyl (C=O) groups is 1. The van der Waals surface area contributed by atoms with Gasteiger partial charge in [-0.05, 0) is 97.8 Å². The predicted molar refractivity (Wildman–Crippen MR) is 122 cm³/mol. The van der Waals surface area contributed by atoms with E-state index in [0.29, 0.717) is 41.8 Å². The lowest BCUT2D eigenvalue weighted by molar-refractivity contribution is 0.0692. The van der Waals surface area contributed by atoms with Crippen LogP contribution in [0.3, 0.4) is 0 Å². The number of rotatable bonds is 6. The van der Waals surface area contributed by atoms with Gasteiger partial charge in [0.25, 0.3) is 0 Å². The molecule has 3 fully saturated rings. The third kappa shape index (κ3) is 3.65. The van der Waals surface area contributed by atoms with Crippen molar-refractivity contribution in [3.63, 3.8) is 0 Å². The second-order valence-corrected chi connectivity index (χ2v) is 10.5. The van der Waals surface area contributed by atoms with Gasteiger partial charge in [-0.2, -0.15) is 0 Å². The van der Waals surface area contributed by atoms with Gasteiger partial charge in [0, 0.05) is 23.4 Å². The van der Waals surface area contributed by atoms with Crippen molar-refractivity contribution in [2.24, 2.45) is 11.8 Å². The number of anilines is 1. The second kappa shape index (κ2) is 7.96. The number of carboxylic acid groups (broad SMARTS) is 1. The fourth-order valence-electron chi connectivity index (χ4n) is 5.92. The molecule has 4 aliphatic rings. The normalized spacial score (nSPS) is 27.9. The van der Waals surface area contributed by atoms with Crippen LogP contribution in [0.1, 0.15) is 53.1 Å². The van der Waals surface area contributed by atoms with E-state index in [1.807, 2.05) is 12.1 Å². The molecule has 2 saturated heterocycles. The topological polar surface area (TPSA) is 61.8 Å². The minimum absolute atomic E-state index is 0.195. The Morgan fingerprint density at radius 2 is 2.19 bits per heavy atom. The molecule has 0 aromatic heterocycles. The molecule has 0 spiro atoms. The summed E-state index contributed by atoms with van der Waals surface area (Å²) in [6.07, 6.45) is 5.67. The van der Waals surface area contributed by atoms with E-state index in [4.69, 9.17) is 4.74 Å². The highest BCUT2D eigenvalue weighted by Crippen LogP contribution is 2.55. The molecule has 3 aliphatic heterocycles. The standard InChI is InChI=1S/C25H27FN2O3S/c26-17-3-6-22(15(10-17)8-14-9-18-2-1-7-28(18)12-14)32-27-21-5-4-19-20-11-16(20)13-31-24(19)23(21)25(29)30/h3-6,10,14,16,18,20,27H,1-2,7-9,11-13H2,(H,29,30). The van der Waals surface area contributed by atoms with Gasteiger partial charge in [0.2, 0.25) is 0 Å². The molecular formula is C25H27FN2O3S. The Hall–Kier alpha value is -2.25. The molecule has 5 nitrogen and oxygen atoms in total. The summed E-state index contributed by atoms with van der Waals surface area (Å²) in [6, 6.07) is 9.43. The van der Waals surface area contributed by atoms with Crippen molar-refractivity contribution in [3.8, 4) is 5.75 Å². The summed E-state index contributed by atoms with van der Waals surface area (Å²) in [7, 11) is 0. The third-order valence-corrected chi connectivity index (χ3v) is 8.51. The molecule has 4 unspecified atom stereocenters. The maximum absolute atomic E-state index is 14.1. The molecule has 4 atom stereocenters. The molecule has 0 radical (unpaired) electrons. The highest BCUT2D eigenvalue weighted by Gasteiger charge is 2.45. The first-order valence-corrected chi connectivity index (χ1v) is 12.4. The van der Waals surface area contributed by atoms with Crippen LogP contribution in [0.2, 0.25) is 0 Å². The fourth-order valence-corrected chi connectivity index (χ4v) is 6.72. The highest BCUT2D eigenvalue weighted by atomic mass is 32.2. The number of benzene rings is 2. The molecule has 3 heterocycles. The number of carboxylic acids is 1. The van der Waals surface area contributed by atoms with Gasteiger partial charge < -0.3 is 19.5 Å². The molecule has 1 saturated carbocycles. The maximum Gasteiger partial charge on any atom is 0.341 e. The molecular weight excluding hydrogens is 427 g/mol. The van der Waals surface area contributed by atoms with Crippen LogP contribution in [0.25, 0.3) is 0 Å². The van der Waals surface area contributed by atoms with Crippen molar-refractivity contribution in [1.29, 1.82) is 0 Å². The second-order valence-electron chi connectivity index (χ2n) is 9.68. The van der Waals surface area contributed by atoms with Gasteiger partial charge in [-0.3, -0.25) is 0 Å². The summed E-state index contributed by atoms with van der Waals surface area (Å²) in [5.74, 6) is 0.798. The first-order chi connectivity index (χ1) is 15.6. The van der Waals surface area contributed by atoms with E-state index in [0.717, 1.165) is 35.4 Å². The minimum Gasteiger partial charge on any atom is -0.492 e. The van der Waals surface area contributed by atoms with Gasteiger partial charge in [-0.25, -0.2) is 9.18 Å². The minimum atomic E-state index is -0.991. The molecule has 1 aliphatic carbocycles. The summed E-state index contributed by atoms with van der Waals surface area (Å²) in [5.41, 5.74) is 2.72. The van der Waals surface area contributed by atoms with Crippen molar-refractivity contribution in [1.82, 2.24) is 4.90 Å². The largest absolute Gasteiger partial charge is 0.492 e. The number of nitrogens with one attached hydrogen (secondary N) is 1. The van der Waals surface area contributed by atoms with E-state index in [1.54, 1.807) is 12.1 Å². The number of hydrogen-bond acceptors (Lipinski definition) is 5. The van der Waals surface area contributed by atoms with E-state index in [1.165, 1.54) is 43.8 Å². The Balaban J connectivity index is 1.22. The number of nitrogens with zero attached hydrogens (tertiary/aromatic N) is 1. The van der Waals surface area contributed by atoms with Crippen LogP contribution in [0.15, 0.2) is 35.2 Å². The zero-order valence-corrected chi connectivity index (χ0v) is 18.7. The van der Waals surface area contributed by atoms with E-state index >= 15 is 0 Å². The number of fused-ring (bicyclic) bond motifs is 4. The number of hydrogen-bond donors (Lipinski definition) is 2. The molecule has 168 valence electrons. The average Bonchev–Trinajstić information content (AvgIpc) is 3.29. The summed E-state index contributed by atoms with van der Waals surface area (Å²) in [5, 5.41) is 9.89. The Labute approximate surface area is 191 Å². The molecule has 2 aromatic carbocycles. The van der Waals surface area contributed by atoms with Gasteiger partial charge in [-0.1, -0.05) is 6.07 Å².